The Balaban J connectivity index is 2.13. The van der Waals surface area contributed by atoms with Crippen LogP contribution in [0.3, 0.4) is 0 Å². The Kier molecular flexibility index (Phi) is 0.927. The van der Waals surface area contributed by atoms with Gasteiger partial charge in [-0.15, -0.1) is 0 Å². The van der Waals surface area contributed by atoms with Crippen molar-refractivity contribution in [3.05, 3.63) is 18.1 Å². The molecule has 1 unspecified atom stereocenters. The van der Waals surface area contributed by atoms with Crippen molar-refractivity contribution in [1.29, 1.82) is 0 Å². The van der Waals surface area contributed by atoms with Crippen molar-refractivity contribution in [2.24, 2.45) is 5.92 Å². The predicted octanol–water partition coefficient (Wildman–Crippen LogP) is 2.32. The van der Waals surface area contributed by atoms with Crippen molar-refractivity contribution < 1.29 is 0 Å². The van der Waals surface area contributed by atoms with Crippen LogP contribution in [0.2, 0.25) is 0 Å². The normalized spacial score (nSPS) is 36.2. The van der Waals surface area contributed by atoms with Gasteiger partial charge in [-0.1, -0.05) is 18.6 Å². The molecule has 8 heavy (non-hydrogen) atoms. The Hall–Kier alpha value is -0.260. The minimum absolute atomic E-state index is 0.943. The zero-order valence-electron chi connectivity index (χ0n) is 5.06. The number of hydrogen-bond donors (Lipinski definition) is 0. The van der Waals surface area contributed by atoms with Gasteiger partial charge in [-0.3, -0.25) is 0 Å². The first-order valence-corrected chi connectivity index (χ1v) is 3.48. The smallest absolute Gasteiger partial charge is 0.00214 e. The fraction of sp³-hybridized carbons (Fsp3) is 0.625. The molecule has 1 fully saturated rings. The molecule has 0 nitrogen and oxygen atoms in total. The maximum atomic E-state index is 2.38. The molecule has 0 aliphatic heterocycles. The summed E-state index contributed by atoms with van der Waals surface area (Å²) in [5.74, 6) is 2.64. The van der Waals surface area contributed by atoms with Crippen molar-refractivity contribution in [1.82, 2.24) is 0 Å². The highest BCUT2D eigenvalue weighted by Crippen LogP contribution is 2.37. The van der Waals surface area contributed by atoms with Gasteiger partial charge in [-0.05, 0) is 31.1 Å². The van der Waals surface area contributed by atoms with Crippen LogP contribution in [-0.2, 0) is 0 Å². The van der Waals surface area contributed by atoms with Crippen LogP contribution in [0.25, 0.3) is 0 Å². The van der Waals surface area contributed by atoms with Gasteiger partial charge in [0.2, 0.25) is 0 Å². The van der Waals surface area contributed by atoms with Crippen LogP contribution in [0.5, 0.6) is 0 Å². The lowest BCUT2D eigenvalue weighted by atomic mass is 9.88. The van der Waals surface area contributed by atoms with E-state index >= 15 is 0 Å². The molecule has 2 rings (SSSR count). The highest BCUT2D eigenvalue weighted by Gasteiger charge is 2.23. The zero-order valence-corrected chi connectivity index (χ0v) is 5.06. The molecule has 2 bridgehead atoms. The van der Waals surface area contributed by atoms with Crippen LogP contribution in [0, 0.1) is 11.8 Å². The zero-order chi connectivity index (χ0) is 5.40. The van der Waals surface area contributed by atoms with E-state index in [0.717, 1.165) is 5.92 Å². The summed E-state index contributed by atoms with van der Waals surface area (Å²) in [5, 5.41) is 0. The Bertz CT molecular complexity index is 101. The summed E-state index contributed by atoms with van der Waals surface area (Å²) in [7, 11) is 0. The van der Waals surface area contributed by atoms with Gasteiger partial charge in [0, 0.05) is 0 Å². The predicted molar refractivity (Wildman–Crippen MR) is 34.3 cm³/mol. The van der Waals surface area contributed by atoms with E-state index in [1.807, 2.05) is 0 Å². The summed E-state index contributed by atoms with van der Waals surface area (Å²) < 4.78 is 0. The first-order valence-electron chi connectivity index (χ1n) is 3.48. The lowest BCUT2D eigenvalue weighted by molar-refractivity contribution is 0.488. The van der Waals surface area contributed by atoms with Crippen LogP contribution in [-0.4, -0.2) is 0 Å². The minimum atomic E-state index is 0.943. The average molecular weight is 107 g/mol. The first kappa shape index (κ1) is 4.60. The number of allylic oxidation sites excluding steroid dienone is 2. The van der Waals surface area contributed by atoms with E-state index in [0.29, 0.717) is 0 Å². The maximum absolute atomic E-state index is 2.38. The van der Waals surface area contributed by atoms with Crippen LogP contribution in [0.4, 0.5) is 0 Å². The summed E-state index contributed by atoms with van der Waals surface area (Å²) >= 11 is 0. The molecule has 1 saturated carbocycles. The number of hydrogen-bond acceptors (Lipinski definition) is 0. The largest absolute Gasteiger partial charge is 0.0848 e. The Labute approximate surface area is 50.6 Å². The number of fused-ring (bicyclic) bond motifs is 2. The fourth-order valence-electron chi connectivity index (χ4n) is 1.72. The van der Waals surface area contributed by atoms with Crippen LogP contribution < -0.4 is 0 Å². The van der Waals surface area contributed by atoms with Gasteiger partial charge in [-0.25, -0.2) is 0 Å². The number of rotatable bonds is 0. The first-order chi connectivity index (χ1) is 3.95. The van der Waals surface area contributed by atoms with E-state index < -0.39 is 0 Å². The van der Waals surface area contributed by atoms with E-state index in [-0.39, 0.29) is 0 Å². The summed E-state index contributed by atoms with van der Waals surface area (Å²) in [6, 6.07) is 0. The topological polar surface area (TPSA) is 0 Å². The summed E-state index contributed by atoms with van der Waals surface area (Å²) in [6.07, 6.45) is 10.4. The summed E-state index contributed by atoms with van der Waals surface area (Å²) in [6.45, 7) is 0. The molecule has 0 amide bonds. The van der Waals surface area contributed by atoms with Crippen molar-refractivity contribution in [2.45, 2.75) is 25.7 Å². The maximum Gasteiger partial charge on any atom is -0.00214 e. The third-order valence-corrected chi connectivity index (χ3v) is 2.20. The van der Waals surface area contributed by atoms with E-state index in [9.17, 15) is 0 Å². The molecule has 0 aromatic rings. The Morgan fingerprint density at radius 1 is 1.50 bits per heavy atom. The highest BCUT2D eigenvalue weighted by molar-refractivity contribution is 5.21. The second-order valence-corrected chi connectivity index (χ2v) is 2.87. The van der Waals surface area contributed by atoms with E-state index in [2.05, 4.69) is 12.2 Å². The van der Waals surface area contributed by atoms with Crippen LogP contribution in [0.1, 0.15) is 25.7 Å². The lowest BCUT2D eigenvalue weighted by Crippen LogP contribution is -2.03. The monoisotopic (exact) mass is 107 g/mol. The Morgan fingerprint density at radius 3 is 3.25 bits per heavy atom. The molecule has 2 aliphatic carbocycles. The third-order valence-electron chi connectivity index (χ3n) is 2.20. The summed E-state index contributed by atoms with van der Waals surface area (Å²) in [4.78, 5) is 0. The molecule has 0 heterocycles. The summed E-state index contributed by atoms with van der Waals surface area (Å²) in [5.41, 5.74) is 0. The lowest BCUT2D eigenvalue weighted by Gasteiger charge is -2.16. The molecular formula is C8H11. The fourth-order valence-corrected chi connectivity index (χ4v) is 1.72. The minimum Gasteiger partial charge on any atom is -0.0848 e. The van der Waals surface area contributed by atoms with E-state index in [1.54, 1.807) is 5.92 Å². The van der Waals surface area contributed by atoms with Gasteiger partial charge in [0.1, 0.15) is 0 Å². The molecule has 0 heteroatoms. The van der Waals surface area contributed by atoms with Crippen molar-refractivity contribution >= 4 is 0 Å². The van der Waals surface area contributed by atoms with Gasteiger partial charge in [0.15, 0.2) is 0 Å². The second kappa shape index (κ2) is 1.61. The average Bonchev–Trinajstić information content (AvgIpc) is 2.12. The van der Waals surface area contributed by atoms with Crippen LogP contribution >= 0.6 is 0 Å². The van der Waals surface area contributed by atoms with Gasteiger partial charge in [0.05, 0.1) is 0 Å². The van der Waals surface area contributed by atoms with Crippen LogP contribution in [0.15, 0.2) is 12.2 Å². The molecule has 43 valence electrons. The van der Waals surface area contributed by atoms with Crippen molar-refractivity contribution in [3.63, 3.8) is 0 Å². The molecule has 0 aromatic heterocycles. The molecule has 1 radical (unpaired) electrons. The van der Waals surface area contributed by atoms with Crippen molar-refractivity contribution in [3.8, 4) is 0 Å². The van der Waals surface area contributed by atoms with Crippen molar-refractivity contribution in [2.75, 3.05) is 0 Å². The quantitative estimate of drug-likeness (QED) is 0.445. The van der Waals surface area contributed by atoms with E-state index in [4.69, 9.17) is 0 Å². The molecular weight excluding hydrogens is 96.1 g/mol. The standard InChI is InChI=1S/C8H11/c1-2-7-4-5-8(3-1)6-7/h4-5,7H,1-3,6H2. The molecule has 1 atom stereocenters. The molecule has 0 N–H and O–H groups in total. The molecule has 0 spiro atoms. The third kappa shape index (κ3) is 0.594. The molecule has 0 aromatic carbocycles. The SMILES string of the molecule is C1=CC2CCC[C]1C2. The van der Waals surface area contributed by atoms with Gasteiger partial charge in [-0.2, -0.15) is 0 Å². The van der Waals surface area contributed by atoms with Gasteiger partial charge in [0.25, 0.3) is 0 Å². The molecule has 2 aliphatic rings. The van der Waals surface area contributed by atoms with E-state index in [1.165, 1.54) is 25.7 Å². The molecule has 0 saturated heterocycles. The second-order valence-electron chi connectivity index (χ2n) is 2.87. The van der Waals surface area contributed by atoms with Gasteiger partial charge >= 0.3 is 0 Å². The van der Waals surface area contributed by atoms with Gasteiger partial charge < -0.3 is 0 Å². The highest BCUT2D eigenvalue weighted by atomic mass is 14.3. The Morgan fingerprint density at radius 2 is 2.50 bits per heavy atom.